The molecule has 0 saturated carbocycles. The van der Waals surface area contributed by atoms with E-state index in [9.17, 15) is 0 Å². The summed E-state index contributed by atoms with van der Waals surface area (Å²) in [6.07, 6.45) is 4.18. The van der Waals surface area contributed by atoms with Gasteiger partial charge in [0.05, 0.1) is 4.99 Å². The Morgan fingerprint density at radius 3 is 2.57 bits per heavy atom. The second-order valence-electron chi connectivity index (χ2n) is 4.04. The van der Waals surface area contributed by atoms with Gasteiger partial charge in [-0.2, -0.15) is 0 Å². The monoisotopic (exact) mass is 216 g/mol. The standard InChI is InChI=1S/C10H20N2OS/c11-10(14)2-1-5-12-6-3-9(8-13)4-7-12/h9,13H,1-8H2,(H2,11,14). The number of nitrogens with zero attached hydrogens (tertiary/aromatic N) is 1. The summed E-state index contributed by atoms with van der Waals surface area (Å²) in [6.45, 7) is 3.67. The molecule has 1 aliphatic rings. The lowest BCUT2D eigenvalue weighted by Gasteiger charge is -2.30. The molecule has 0 atom stereocenters. The molecule has 0 aromatic rings. The van der Waals surface area contributed by atoms with Crippen molar-refractivity contribution in [2.45, 2.75) is 25.7 Å². The zero-order valence-corrected chi connectivity index (χ0v) is 9.43. The first kappa shape index (κ1) is 11.9. The first-order valence-corrected chi connectivity index (χ1v) is 5.74. The van der Waals surface area contributed by atoms with Gasteiger partial charge < -0.3 is 15.7 Å². The molecule has 1 heterocycles. The van der Waals surface area contributed by atoms with Gasteiger partial charge in [-0.1, -0.05) is 12.2 Å². The first-order valence-electron chi connectivity index (χ1n) is 5.34. The summed E-state index contributed by atoms with van der Waals surface area (Å²) >= 11 is 4.83. The Kier molecular flexibility index (Phi) is 5.37. The topological polar surface area (TPSA) is 49.5 Å². The number of hydrogen-bond donors (Lipinski definition) is 2. The van der Waals surface area contributed by atoms with Crippen LogP contribution in [0.1, 0.15) is 25.7 Å². The second-order valence-corrected chi connectivity index (χ2v) is 4.56. The smallest absolute Gasteiger partial charge is 0.0727 e. The third-order valence-corrected chi connectivity index (χ3v) is 3.07. The van der Waals surface area contributed by atoms with Crippen molar-refractivity contribution >= 4 is 17.2 Å². The predicted molar refractivity (Wildman–Crippen MR) is 62.3 cm³/mol. The highest BCUT2D eigenvalue weighted by atomic mass is 32.1. The van der Waals surface area contributed by atoms with E-state index in [0.717, 1.165) is 45.3 Å². The van der Waals surface area contributed by atoms with Crippen LogP contribution in [0.3, 0.4) is 0 Å². The third-order valence-electron chi connectivity index (χ3n) is 2.86. The molecule has 0 amide bonds. The van der Waals surface area contributed by atoms with Crippen molar-refractivity contribution in [3.05, 3.63) is 0 Å². The molecule has 82 valence electrons. The molecule has 4 heteroatoms. The van der Waals surface area contributed by atoms with Crippen molar-refractivity contribution in [1.82, 2.24) is 4.90 Å². The summed E-state index contributed by atoms with van der Waals surface area (Å²) in [5, 5.41) is 8.97. The van der Waals surface area contributed by atoms with Gasteiger partial charge in [-0.05, 0) is 51.2 Å². The summed E-state index contributed by atoms with van der Waals surface area (Å²) in [4.78, 5) is 3.06. The molecule has 0 bridgehead atoms. The Morgan fingerprint density at radius 2 is 2.07 bits per heavy atom. The van der Waals surface area contributed by atoms with E-state index in [1.54, 1.807) is 0 Å². The maximum absolute atomic E-state index is 8.97. The lowest BCUT2D eigenvalue weighted by atomic mass is 9.98. The fourth-order valence-corrected chi connectivity index (χ4v) is 2.01. The molecule has 0 radical (unpaired) electrons. The van der Waals surface area contributed by atoms with Crippen LogP contribution in [0.5, 0.6) is 0 Å². The molecule has 0 aliphatic carbocycles. The molecule has 0 aromatic carbocycles. The Bertz CT molecular complexity index is 179. The second kappa shape index (κ2) is 6.32. The number of aliphatic hydroxyl groups excluding tert-OH is 1. The fraction of sp³-hybridized carbons (Fsp3) is 0.900. The average molecular weight is 216 g/mol. The molecule has 1 aliphatic heterocycles. The van der Waals surface area contributed by atoms with Crippen LogP contribution in [0, 0.1) is 5.92 Å². The summed E-state index contributed by atoms with van der Waals surface area (Å²) in [6, 6.07) is 0. The van der Waals surface area contributed by atoms with E-state index in [1.807, 2.05) is 0 Å². The van der Waals surface area contributed by atoms with Gasteiger partial charge in [0.1, 0.15) is 0 Å². The molecule has 0 aromatic heterocycles. The van der Waals surface area contributed by atoms with Crippen LogP contribution in [0.25, 0.3) is 0 Å². The molecular formula is C10H20N2OS. The van der Waals surface area contributed by atoms with Gasteiger partial charge in [-0.15, -0.1) is 0 Å². The van der Waals surface area contributed by atoms with Crippen LogP contribution in [-0.2, 0) is 0 Å². The van der Waals surface area contributed by atoms with E-state index in [2.05, 4.69) is 4.90 Å². The summed E-state index contributed by atoms with van der Waals surface area (Å²) in [5.41, 5.74) is 5.43. The van der Waals surface area contributed by atoms with Crippen molar-refractivity contribution < 1.29 is 5.11 Å². The maximum atomic E-state index is 8.97. The lowest BCUT2D eigenvalue weighted by molar-refractivity contribution is 0.131. The number of piperidine rings is 1. The van der Waals surface area contributed by atoms with Gasteiger partial charge in [0.15, 0.2) is 0 Å². The van der Waals surface area contributed by atoms with E-state index in [0.29, 0.717) is 17.5 Å². The Balaban J connectivity index is 2.07. The fourth-order valence-electron chi connectivity index (χ4n) is 1.87. The summed E-state index contributed by atoms with van der Waals surface area (Å²) in [7, 11) is 0. The zero-order valence-electron chi connectivity index (χ0n) is 8.61. The maximum Gasteiger partial charge on any atom is 0.0727 e. The quantitative estimate of drug-likeness (QED) is 0.666. The van der Waals surface area contributed by atoms with Crippen LogP contribution < -0.4 is 5.73 Å². The summed E-state index contributed by atoms with van der Waals surface area (Å²) in [5.74, 6) is 0.529. The molecule has 1 rings (SSSR count). The number of aliphatic hydroxyl groups is 1. The molecular weight excluding hydrogens is 196 g/mol. The largest absolute Gasteiger partial charge is 0.396 e. The Hall–Kier alpha value is -0.190. The molecule has 0 spiro atoms. The predicted octanol–water partition coefficient (Wildman–Crippen LogP) is 0.757. The molecule has 3 nitrogen and oxygen atoms in total. The number of thiocarbonyl (C=S) groups is 1. The van der Waals surface area contributed by atoms with Gasteiger partial charge in [-0.3, -0.25) is 0 Å². The van der Waals surface area contributed by atoms with Crippen molar-refractivity contribution in [3.63, 3.8) is 0 Å². The summed E-state index contributed by atoms with van der Waals surface area (Å²) < 4.78 is 0. The highest BCUT2D eigenvalue weighted by Crippen LogP contribution is 2.16. The van der Waals surface area contributed by atoms with Crippen LogP contribution in [0.15, 0.2) is 0 Å². The van der Waals surface area contributed by atoms with Gasteiger partial charge in [0.2, 0.25) is 0 Å². The van der Waals surface area contributed by atoms with Crippen LogP contribution in [0.4, 0.5) is 0 Å². The van der Waals surface area contributed by atoms with E-state index in [-0.39, 0.29) is 0 Å². The molecule has 14 heavy (non-hydrogen) atoms. The molecule has 1 fully saturated rings. The van der Waals surface area contributed by atoms with E-state index in [1.165, 1.54) is 0 Å². The SMILES string of the molecule is NC(=S)CCCN1CCC(CO)CC1. The highest BCUT2D eigenvalue weighted by Gasteiger charge is 2.17. The minimum Gasteiger partial charge on any atom is -0.396 e. The van der Waals surface area contributed by atoms with Crippen molar-refractivity contribution in [3.8, 4) is 0 Å². The normalized spacial score (nSPS) is 19.8. The van der Waals surface area contributed by atoms with Gasteiger partial charge in [0.25, 0.3) is 0 Å². The Labute approximate surface area is 91.3 Å². The van der Waals surface area contributed by atoms with Crippen molar-refractivity contribution in [2.24, 2.45) is 11.7 Å². The molecule has 0 unspecified atom stereocenters. The van der Waals surface area contributed by atoms with Crippen molar-refractivity contribution in [1.29, 1.82) is 0 Å². The average Bonchev–Trinajstić information content (AvgIpc) is 2.18. The van der Waals surface area contributed by atoms with Crippen LogP contribution in [0.2, 0.25) is 0 Å². The van der Waals surface area contributed by atoms with E-state index >= 15 is 0 Å². The minimum absolute atomic E-state index is 0.348. The molecule has 3 N–H and O–H groups in total. The third kappa shape index (κ3) is 4.35. The lowest BCUT2D eigenvalue weighted by Crippen LogP contribution is -2.35. The minimum atomic E-state index is 0.348. The van der Waals surface area contributed by atoms with Crippen LogP contribution >= 0.6 is 12.2 Å². The highest BCUT2D eigenvalue weighted by molar-refractivity contribution is 7.80. The van der Waals surface area contributed by atoms with E-state index < -0.39 is 0 Å². The Morgan fingerprint density at radius 1 is 1.43 bits per heavy atom. The van der Waals surface area contributed by atoms with Crippen LogP contribution in [-0.4, -0.2) is 41.2 Å². The first-order chi connectivity index (χ1) is 6.72. The number of hydrogen-bond acceptors (Lipinski definition) is 3. The number of nitrogens with two attached hydrogens (primary N) is 1. The van der Waals surface area contributed by atoms with Gasteiger partial charge in [-0.25, -0.2) is 0 Å². The number of likely N-dealkylation sites (tertiary alicyclic amines) is 1. The van der Waals surface area contributed by atoms with Gasteiger partial charge in [0, 0.05) is 6.61 Å². The van der Waals surface area contributed by atoms with E-state index in [4.69, 9.17) is 23.1 Å². The van der Waals surface area contributed by atoms with Crippen molar-refractivity contribution in [2.75, 3.05) is 26.2 Å². The number of rotatable bonds is 5. The zero-order chi connectivity index (χ0) is 10.4. The molecule has 1 saturated heterocycles. The van der Waals surface area contributed by atoms with Gasteiger partial charge >= 0.3 is 0 Å².